The minimum atomic E-state index is -0.478. The summed E-state index contributed by atoms with van der Waals surface area (Å²) in [5, 5.41) is 3.49. The van der Waals surface area contributed by atoms with Gasteiger partial charge in [0, 0.05) is 22.9 Å². The number of thiophene rings is 1. The van der Waals surface area contributed by atoms with Gasteiger partial charge in [-0.15, -0.1) is 35.5 Å². The van der Waals surface area contributed by atoms with Gasteiger partial charge in [0.1, 0.15) is 5.00 Å². The summed E-state index contributed by atoms with van der Waals surface area (Å²) in [6.45, 7) is 3.71. The number of fused-ring (bicyclic) bond motifs is 1. The van der Waals surface area contributed by atoms with Gasteiger partial charge in [-0.1, -0.05) is 19.1 Å². The second kappa shape index (κ2) is 8.90. The van der Waals surface area contributed by atoms with Crippen LogP contribution < -0.4 is 11.1 Å². The lowest BCUT2D eigenvalue weighted by Gasteiger charge is -2.22. The molecule has 5 nitrogen and oxygen atoms in total. The van der Waals surface area contributed by atoms with E-state index in [2.05, 4.69) is 10.2 Å². The number of nitrogens with one attached hydrogen (secondary N) is 1. The molecule has 26 heavy (non-hydrogen) atoms. The Morgan fingerprint density at radius 1 is 1.35 bits per heavy atom. The van der Waals surface area contributed by atoms with Crippen molar-refractivity contribution < 1.29 is 9.59 Å². The summed E-state index contributed by atoms with van der Waals surface area (Å²) < 4.78 is 0. The number of thioether (sulfide) groups is 1. The first kappa shape index (κ1) is 20.8. The Morgan fingerprint density at radius 3 is 2.77 bits per heavy atom. The number of rotatable bonds is 5. The molecule has 2 aromatic rings. The number of nitrogens with two attached hydrogens (primary N) is 1. The first-order chi connectivity index (χ1) is 12.0. The van der Waals surface area contributed by atoms with Crippen molar-refractivity contribution in [3.63, 3.8) is 0 Å². The van der Waals surface area contributed by atoms with Gasteiger partial charge in [0.15, 0.2) is 0 Å². The van der Waals surface area contributed by atoms with Crippen molar-refractivity contribution in [3.05, 3.63) is 45.8 Å². The standard InChI is InChI=1S/C18H21N3O2S2.ClH/c1-3-24-13-7-5-4-6-12(13)17(23)20-18-15(16(19)22)11-8-9-21(2)10-14(11)25-18;/h4-7H,3,8-10H2,1-2H3,(H2,19,22)(H,20,23);1H. The molecule has 8 heteroatoms. The number of carbonyl (C=O) groups is 2. The van der Waals surface area contributed by atoms with Crippen molar-refractivity contribution in [1.29, 1.82) is 0 Å². The van der Waals surface area contributed by atoms with E-state index in [0.717, 1.165) is 40.6 Å². The smallest absolute Gasteiger partial charge is 0.257 e. The van der Waals surface area contributed by atoms with Gasteiger partial charge < -0.3 is 16.0 Å². The number of hydrogen-bond acceptors (Lipinski definition) is 5. The summed E-state index contributed by atoms with van der Waals surface area (Å²) in [6.07, 6.45) is 0.777. The number of carbonyl (C=O) groups excluding carboxylic acids is 2. The molecule has 3 N–H and O–H groups in total. The van der Waals surface area contributed by atoms with E-state index < -0.39 is 5.91 Å². The number of likely N-dealkylation sites (N-methyl/N-ethyl adjacent to an activating group) is 1. The zero-order chi connectivity index (χ0) is 18.0. The predicted octanol–water partition coefficient (Wildman–Crippen LogP) is 3.62. The molecule has 0 radical (unpaired) electrons. The van der Waals surface area contributed by atoms with Crippen molar-refractivity contribution in [2.75, 3.05) is 24.7 Å². The maximum Gasteiger partial charge on any atom is 0.257 e. The summed E-state index contributed by atoms with van der Waals surface area (Å²) >= 11 is 3.08. The second-order valence-electron chi connectivity index (χ2n) is 5.94. The molecular weight excluding hydrogens is 390 g/mol. The minimum absolute atomic E-state index is 0. The molecule has 2 heterocycles. The zero-order valence-electron chi connectivity index (χ0n) is 14.7. The van der Waals surface area contributed by atoms with E-state index in [4.69, 9.17) is 5.73 Å². The Balaban J connectivity index is 0.00000243. The maximum atomic E-state index is 12.8. The third-order valence-corrected chi connectivity index (χ3v) is 6.24. The molecule has 0 aliphatic carbocycles. The van der Waals surface area contributed by atoms with E-state index in [9.17, 15) is 9.59 Å². The molecule has 0 spiro atoms. The Kier molecular flexibility index (Phi) is 7.11. The molecule has 0 unspecified atom stereocenters. The van der Waals surface area contributed by atoms with Gasteiger partial charge in [-0.05, 0) is 36.9 Å². The monoisotopic (exact) mass is 411 g/mol. The Bertz CT molecular complexity index is 823. The van der Waals surface area contributed by atoms with E-state index in [1.54, 1.807) is 17.8 Å². The van der Waals surface area contributed by atoms with E-state index in [1.165, 1.54) is 11.3 Å². The molecule has 0 saturated carbocycles. The number of benzene rings is 1. The van der Waals surface area contributed by atoms with Gasteiger partial charge in [-0.2, -0.15) is 0 Å². The number of hydrogen-bond donors (Lipinski definition) is 2. The number of nitrogens with zero attached hydrogens (tertiary/aromatic N) is 1. The third kappa shape index (κ3) is 4.23. The molecule has 140 valence electrons. The van der Waals surface area contributed by atoms with Gasteiger partial charge in [0.2, 0.25) is 0 Å². The average molecular weight is 412 g/mol. The topological polar surface area (TPSA) is 75.4 Å². The highest BCUT2D eigenvalue weighted by Crippen LogP contribution is 2.37. The number of anilines is 1. The fraction of sp³-hybridized carbons (Fsp3) is 0.333. The SMILES string of the molecule is CCSc1ccccc1C(=O)Nc1sc2c(c1C(N)=O)CCN(C)C2.Cl. The van der Waals surface area contributed by atoms with Crippen molar-refractivity contribution >= 4 is 52.3 Å². The van der Waals surface area contributed by atoms with Gasteiger partial charge in [-0.3, -0.25) is 9.59 Å². The van der Waals surface area contributed by atoms with Crippen LogP contribution in [0.3, 0.4) is 0 Å². The highest BCUT2D eigenvalue weighted by Gasteiger charge is 2.27. The quantitative estimate of drug-likeness (QED) is 0.737. The molecule has 3 rings (SSSR count). The fourth-order valence-electron chi connectivity index (χ4n) is 2.99. The molecule has 0 atom stereocenters. The highest BCUT2D eigenvalue weighted by molar-refractivity contribution is 7.99. The van der Waals surface area contributed by atoms with Crippen LogP contribution in [0.25, 0.3) is 0 Å². The third-order valence-electron chi connectivity index (χ3n) is 4.15. The predicted molar refractivity (Wildman–Crippen MR) is 111 cm³/mol. The molecule has 0 fully saturated rings. The van der Waals surface area contributed by atoms with Gasteiger partial charge in [0.25, 0.3) is 11.8 Å². The van der Waals surface area contributed by atoms with Crippen molar-refractivity contribution in [2.24, 2.45) is 5.73 Å². The average Bonchev–Trinajstić information content (AvgIpc) is 2.92. The Morgan fingerprint density at radius 2 is 2.08 bits per heavy atom. The maximum absolute atomic E-state index is 12.8. The number of amides is 2. The van der Waals surface area contributed by atoms with Crippen LogP contribution in [0, 0.1) is 0 Å². The zero-order valence-corrected chi connectivity index (χ0v) is 17.2. The summed E-state index contributed by atoms with van der Waals surface area (Å²) in [6, 6.07) is 7.51. The molecule has 2 amide bonds. The molecule has 1 aliphatic rings. The lowest BCUT2D eigenvalue weighted by molar-refractivity contribution is 0.1000. The highest BCUT2D eigenvalue weighted by atomic mass is 35.5. The Labute approximate surface area is 167 Å². The van der Waals surface area contributed by atoms with Crippen LogP contribution in [0.4, 0.5) is 5.00 Å². The van der Waals surface area contributed by atoms with E-state index >= 15 is 0 Å². The summed E-state index contributed by atoms with van der Waals surface area (Å²) in [5.41, 5.74) is 7.69. The molecule has 0 bridgehead atoms. The molecule has 1 aromatic heterocycles. The van der Waals surface area contributed by atoms with Crippen LogP contribution in [0.5, 0.6) is 0 Å². The van der Waals surface area contributed by atoms with E-state index in [1.807, 2.05) is 32.2 Å². The molecule has 0 saturated heterocycles. The summed E-state index contributed by atoms with van der Waals surface area (Å²) in [5.74, 6) is 0.204. The van der Waals surface area contributed by atoms with Crippen molar-refractivity contribution in [3.8, 4) is 0 Å². The van der Waals surface area contributed by atoms with Crippen molar-refractivity contribution in [1.82, 2.24) is 4.90 Å². The lowest BCUT2D eigenvalue weighted by Crippen LogP contribution is -2.27. The summed E-state index contributed by atoms with van der Waals surface area (Å²) in [7, 11) is 2.04. The van der Waals surface area contributed by atoms with Crippen LogP contribution in [-0.4, -0.2) is 36.1 Å². The first-order valence-corrected chi connectivity index (χ1v) is 9.97. The largest absolute Gasteiger partial charge is 0.365 e. The van der Waals surface area contributed by atoms with Crippen LogP contribution in [0.15, 0.2) is 29.2 Å². The minimum Gasteiger partial charge on any atom is -0.365 e. The van der Waals surface area contributed by atoms with Gasteiger partial charge >= 0.3 is 0 Å². The van der Waals surface area contributed by atoms with Crippen LogP contribution in [-0.2, 0) is 13.0 Å². The Hall–Kier alpha value is -1.54. The summed E-state index contributed by atoms with van der Waals surface area (Å²) in [4.78, 5) is 29.0. The fourth-order valence-corrected chi connectivity index (χ4v) is 5.12. The van der Waals surface area contributed by atoms with E-state index in [-0.39, 0.29) is 18.3 Å². The number of primary amides is 1. The lowest BCUT2D eigenvalue weighted by atomic mass is 10.0. The van der Waals surface area contributed by atoms with Crippen LogP contribution >= 0.6 is 35.5 Å². The van der Waals surface area contributed by atoms with Crippen molar-refractivity contribution in [2.45, 2.75) is 24.8 Å². The van der Waals surface area contributed by atoms with Gasteiger partial charge in [0.05, 0.1) is 11.1 Å². The van der Waals surface area contributed by atoms with Gasteiger partial charge in [-0.25, -0.2) is 0 Å². The van der Waals surface area contributed by atoms with Crippen LogP contribution in [0.2, 0.25) is 0 Å². The van der Waals surface area contributed by atoms with Crippen LogP contribution in [0.1, 0.15) is 38.1 Å². The first-order valence-electron chi connectivity index (χ1n) is 8.17. The molecular formula is C18H22ClN3O2S2. The normalized spacial score (nSPS) is 13.6. The number of halogens is 1. The second-order valence-corrected chi connectivity index (χ2v) is 8.35. The van der Waals surface area contributed by atoms with E-state index in [0.29, 0.717) is 16.1 Å². The molecule has 1 aliphatic heterocycles. The molecule has 1 aromatic carbocycles.